The van der Waals surface area contributed by atoms with Crippen LogP contribution in [0.5, 0.6) is 0 Å². The van der Waals surface area contributed by atoms with E-state index in [1.165, 1.54) is 12.8 Å². The van der Waals surface area contributed by atoms with Crippen molar-refractivity contribution in [3.63, 3.8) is 0 Å². The van der Waals surface area contributed by atoms with E-state index >= 15 is 0 Å². The predicted octanol–water partition coefficient (Wildman–Crippen LogP) is 2.41. The maximum atomic E-state index is 12.4. The van der Waals surface area contributed by atoms with Gasteiger partial charge < -0.3 is 5.32 Å². The zero-order valence-corrected chi connectivity index (χ0v) is 12.9. The van der Waals surface area contributed by atoms with E-state index in [0.717, 1.165) is 37.8 Å². The number of nitrogens with one attached hydrogen (secondary N) is 2. The Bertz CT molecular complexity index is 503. The number of hydrogen-bond acceptors (Lipinski definition) is 3. The van der Waals surface area contributed by atoms with Crippen LogP contribution in [0.15, 0.2) is 29.2 Å². The van der Waals surface area contributed by atoms with E-state index in [0.29, 0.717) is 4.90 Å². The lowest BCUT2D eigenvalue weighted by atomic mass is 10.1. The lowest BCUT2D eigenvalue weighted by Gasteiger charge is -2.16. The summed E-state index contributed by atoms with van der Waals surface area (Å²) in [5.41, 5.74) is 1.08. The van der Waals surface area contributed by atoms with Crippen LogP contribution in [0.2, 0.25) is 0 Å². The van der Waals surface area contributed by atoms with Crippen molar-refractivity contribution in [2.45, 2.75) is 56.0 Å². The average molecular weight is 296 g/mol. The van der Waals surface area contributed by atoms with Gasteiger partial charge >= 0.3 is 0 Å². The van der Waals surface area contributed by atoms with Crippen LogP contribution in [0.1, 0.15) is 44.1 Å². The molecule has 20 heavy (non-hydrogen) atoms. The molecule has 1 aliphatic rings. The van der Waals surface area contributed by atoms with Crippen LogP contribution in [0.4, 0.5) is 0 Å². The molecule has 1 saturated carbocycles. The largest absolute Gasteiger partial charge is 0.316 e. The molecule has 112 valence electrons. The first kappa shape index (κ1) is 15.5. The fourth-order valence-electron chi connectivity index (χ4n) is 2.68. The first-order valence-corrected chi connectivity index (χ1v) is 8.86. The molecule has 0 saturated heterocycles. The minimum Gasteiger partial charge on any atom is -0.316 e. The Labute approximate surface area is 122 Å². The lowest BCUT2D eigenvalue weighted by Crippen LogP contribution is -2.34. The summed E-state index contributed by atoms with van der Waals surface area (Å²) in [5, 5.41) is 3.05. The molecule has 1 fully saturated rings. The van der Waals surface area contributed by atoms with E-state index < -0.39 is 10.0 Å². The van der Waals surface area contributed by atoms with E-state index in [-0.39, 0.29) is 6.04 Å². The second-order valence-corrected chi connectivity index (χ2v) is 7.20. The Morgan fingerprint density at radius 2 is 1.65 bits per heavy atom. The summed E-state index contributed by atoms with van der Waals surface area (Å²) in [7, 11) is -1.50. The molecule has 0 aromatic heterocycles. The molecule has 0 spiro atoms. The minimum absolute atomic E-state index is 0.0967. The SMILES string of the molecule is CNCc1ccc(S(=O)(=O)NC2CCCCCC2)cc1. The van der Waals surface area contributed by atoms with Crippen LogP contribution >= 0.6 is 0 Å². The molecule has 0 atom stereocenters. The van der Waals surface area contributed by atoms with Crippen LogP contribution < -0.4 is 10.0 Å². The Hall–Kier alpha value is -0.910. The van der Waals surface area contributed by atoms with Gasteiger partial charge in [0.2, 0.25) is 10.0 Å². The average Bonchev–Trinajstić information content (AvgIpc) is 2.68. The summed E-state index contributed by atoms with van der Waals surface area (Å²) in [5.74, 6) is 0. The first-order chi connectivity index (χ1) is 9.62. The molecule has 0 heterocycles. The van der Waals surface area contributed by atoms with E-state index in [2.05, 4.69) is 10.0 Å². The van der Waals surface area contributed by atoms with E-state index in [4.69, 9.17) is 0 Å². The van der Waals surface area contributed by atoms with Crippen LogP contribution in [-0.2, 0) is 16.6 Å². The Kier molecular flexibility index (Phi) is 5.57. The number of benzene rings is 1. The van der Waals surface area contributed by atoms with Crippen molar-refractivity contribution in [2.24, 2.45) is 0 Å². The fourth-order valence-corrected chi connectivity index (χ4v) is 3.98. The summed E-state index contributed by atoms with van der Waals surface area (Å²) in [6.45, 7) is 0.746. The number of rotatable bonds is 5. The van der Waals surface area contributed by atoms with Crippen molar-refractivity contribution in [3.05, 3.63) is 29.8 Å². The van der Waals surface area contributed by atoms with Crippen LogP contribution in [0.25, 0.3) is 0 Å². The van der Waals surface area contributed by atoms with E-state index in [9.17, 15) is 8.42 Å². The normalized spacial score (nSPS) is 17.9. The van der Waals surface area contributed by atoms with Gasteiger partial charge in [-0.05, 0) is 37.6 Å². The molecule has 0 bridgehead atoms. The molecule has 0 unspecified atom stereocenters. The van der Waals surface area contributed by atoms with Crippen molar-refractivity contribution in [3.8, 4) is 0 Å². The summed E-state index contributed by atoms with van der Waals surface area (Å²) in [4.78, 5) is 0.363. The summed E-state index contributed by atoms with van der Waals surface area (Å²) in [6.07, 6.45) is 6.59. The molecule has 0 aliphatic heterocycles. The van der Waals surface area contributed by atoms with Crippen LogP contribution in [-0.4, -0.2) is 21.5 Å². The van der Waals surface area contributed by atoms with Crippen molar-refractivity contribution in [1.82, 2.24) is 10.0 Å². The highest BCUT2D eigenvalue weighted by Gasteiger charge is 2.20. The maximum absolute atomic E-state index is 12.4. The second-order valence-electron chi connectivity index (χ2n) is 5.48. The zero-order valence-electron chi connectivity index (χ0n) is 12.1. The van der Waals surface area contributed by atoms with Crippen molar-refractivity contribution in [1.29, 1.82) is 0 Å². The van der Waals surface area contributed by atoms with Gasteiger partial charge in [0.1, 0.15) is 0 Å². The Morgan fingerprint density at radius 1 is 1.05 bits per heavy atom. The summed E-state index contributed by atoms with van der Waals surface area (Å²) >= 11 is 0. The lowest BCUT2D eigenvalue weighted by molar-refractivity contribution is 0.510. The molecule has 5 heteroatoms. The van der Waals surface area contributed by atoms with Crippen molar-refractivity contribution >= 4 is 10.0 Å². The minimum atomic E-state index is -3.38. The Balaban J connectivity index is 2.05. The predicted molar refractivity (Wildman–Crippen MR) is 81.0 cm³/mol. The highest BCUT2D eigenvalue weighted by atomic mass is 32.2. The third kappa shape index (κ3) is 4.30. The highest BCUT2D eigenvalue weighted by molar-refractivity contribution is 7.89. The van der Waals surface area contributed by atoms with Crippen molar-refractivity contribution in [2.75, 3.05) is 7.05 Å². The summed E-state index contributed by atoms with van der Waals surface area (Å²) < 4.78 is 27.6. The van der Waals surface area contributed by atoms with Gasteiger partial charge in [0.05, 0.1) is 4.90 Å². The summed E-state index contributed by atoms with van der Waals surface area (Å²) in [6, 6.07) is 7.19. The van der Waals surface area contributed by atoms with Gasteiger partial charge in [0, 0.05) is 12.6 Å². The monoisotopic (exact) mass is 296 g/mol. The van der Waals surface area contributed by atoms with E-state index in [1.807, 2.05) is 19.2 Å². The molecule has 4 nitrogen and oxygen atoms in total. The molecule has 1 aliphatic carbocycles. The topological polar surface area (TPSA) is 58.2 Å². The van der Waals surface area contributed by atoms with Gasteiger partial charge in [-0.2, -0.15) is 0 Å². The van der Waals surface area contributed by atoms with Crippen molar-refractivity contribution < 1.29 is 8.42 Å². The standard InChI is InChI=1S/C15H24N2O2S/c1-16-12-13-8-10-15(11-9-13)20(18,19)17-14-6-4-2-3-5-7-14/h8-11,14,16-17H,2-7,12H2,1H3. The quantitative estimate of drug-likeness (QED) is 0.820. The second kappa shape index (κ2) is 7.20. The first-order valence-electron chi connectivity index (χ1n) is 7.38. The van der Waals surface area contributed by atoms with Gasteiger partial charge in [0.25, 0.3) is 0 Å². The van der Waals surface area contributed by atoms with Gasteiger partial charge in [0.15, 0.2) is 0 Å². The van der Waals surface area contributed by atoms with Gasteiger partial charge in [-0.25, -0.2) is 13.1 Å². The number of hydrogen-bond donors (Lipinski definition) is 2. The smallest absolute Gasteiger partial charge is 0.240 e. The molecule has 2 rings (SSSR count). The van der Waals surface area contributed by atoms with Crippen LogP contribution in [0.3, 0.4) is 0 Å². The van der Waals surface area contributed by atoms with E-state index in [1.54, 1.807) is 12.1 Å². The molecule has 1 aromatic carbocycles. The maximum Gasteiger partial charge on any atom is 0.240 e. The van der Waals surface area contributed by atoms with Crippen LogP contribution in [0, 0.1) is 0 Å². The van der Waals surface area contributed by atoms with Gasteiger partial charge in [-0.1, -0.05) is 37.8 Å². The third-order valence-corrected chi connectivity index (χ3v) is 5.33. The molecule has 1 aromatic rings. The van der Waals surface area contributed by atoms with Gasteiger partial charge in [-0.15, -0.1) is 0 Å². The Morgan fingerprint density at radius 3 is 2.20 bits per heavy atom. The zero-order chi connectivity index (χ0) is 14.4. The number of sulfonamides is 1. The third-order valence-electron chi connectivity index (χ3n) is 3.79. The molecule has 2 N–H and O–H groups in total. The molecule has 0 radical (unpaired) electrons. The molecule has 0 amide bonds. The van der Waals surface area contributed by atoms with Gasteiger partial charge in [-0.3, -0.25) is 0 Å². The molecular weight excluding hydrogens is 272 g/mol. The fraction of sp³-hybridized carbons (Fsp3) is 0.600. The highest BCUT2D eigenvalue weighted by Crippen LogP contribution is 2.19. The molecular formula is C15H24N2O2S.